The van der Waals surface area contributed by atoms with Crippen molar-refractivity contribution in [2.24, 2.45) is 0 Å². The Morgan fingerprint density at radius 1 is 1.14 bits per heavy atom. The highest BCUT2D eigenvalue weighted by Crippen LogP contribution is 2.22. The Hall–Kier alpha value is -1.65. The van der Waals surface area contributed by atoms with E-state index < -0.39 is 0 Å². The van der Waals surface area contributed by atoms with Gasteiger partial charge in [0.25, 0.3) is 0 Å². The van der Waals surface area contributed by atoms with E-state index in [9.17, 15) is 4.39 Å². The molecule has 3 nitrogen and oxygen atoms in total. The van der Waals surface area contributed by atoms with Crippen LogP contribution >= 0.6 is 0 Å². The van der Waals surface area contributed by atoms with Gasteiger partial charge in [-0.05, 0) is 57.2 Å². The van der Waals surface area contributed by atoms with Crippen LogP contribution in [0.5, 0.6) is 0 Å². The summed E-state index contributed by atoms with van der Waals surface area (Å²) in [4.78, 5) is 0. The van der Waals surface area contributed by atoms with Crippen molar-refractivity contribution < 1.29 is 13.5 Å². The number of furan rings is 1. The Kier molecular flexibility index (Phi) is 5.15. The summed E-state index contributed by atoms with van der Waals surface area (Å²) < 4.78 is 24.3. The van der Waals surface area contributed by atoms with Crippen LogP contribution in [0.2, 0.25) is 0 Å². The second kappa shape index (κ2) is 6.87. The first-order chi connectivity index (χ1) is 10.00. The van der Waals surface area contributed by atoms with Crippen molar-refractivity contribution in [1.82, 2.24) is 5.32 Å². The minimum absolute atomic E-state index is 0.193. The number of halogens is 1. The van der Waals surface area contributed by atoms with Gasteiger partial charge in [0.2, 0.25) is 0 Å². The van der Waals surface area contributed by atoms with Gasteiger partial charge in [-0.3, -0.25) is 0 Å². The predicted molar refractivity (Wildman–Crippen MR) is 81.5 cm³/mol. The number of benzene rings is 1. The molecule has 21 heavy (non-hydrogen) atoms. The van der Waals surface area contributed by atoms with Gasteiger partial charge in [-0.1, -0.05) is 0 Å². The van der Waals surface area contributed by atoms with Crippen LogP contribution in [0.25, 0.3) is 11.3 Å². The van der Waals surface area contributed by atoms with Gasteiger partial charge in [-0.25, -0.2) is 4.39 Å². The molecule has 0 aliphatic rings. The third-order valence-corrected chi connectivity index (χ3v) is 3.18. The van der Waals surface area contributed by atoms with E-state index in [0.717, 1.165) is 23.6 Å². The first-order valence-corrected chi connectivity index (χ1v) is 7.19. The SMILES string of the molecule is CCOC(C)(C)CNCc1ccc(-c2ccc(F)cc2)o1. The summed E-state index contributed by atoms with van der Waals surface area (Å²) in [6.07, 6.45) is 0. The van der Waals surface area contributed by atoms with E-state index in [2.05, 4.69) is 19.2 Å². The molecule has 0 unspecified atom stereocenters. The summed E-state index contributed by atoms with van der Waals surface area (Å²) in [5, 5.41) is 3.32. The average Bonchev–Trinajstić information content (AvgIpc) is 2.88. The summed E-state index contributed by atoms with van der Waals surface area (Å²) in [7, 11) is 0. The normalized spacial score (nSPS) is 11.8. The minimum atomic E-state index is -0.245. The maximum atomic E-state index is 12.9. The Bertz CT molecular complexity index is 560. The van der Waals surface area contributed by atoms with Crippen LogP contribution in [0, 0.1) is 5.82 Å². The van der Waals surface area contributed by atoms with Crippen LogP contribution in [0.4, 0.5) is 4.39 Å². The molecule has 114 valence electrons. The average molecular weight is 291 g/mol. The molecule has 2 rings (SSSR count). The molecule has 0 aliphatic heterocycles. The molecule has 0 radical (unpaired) electrons. The Morgan fingerprint density at radius 3 is 2.52 bits per heavy atom. The van der Waals surface area contributed by atoms with Crippen molar-refractivity contribution in [3.05, 3.63) is 48.0 Å². The molecule has 0 amide bonds. The van der Waals surface area contributed by atoms with Crippen molar-refractivity contribution in [3.63, 3.8) is 0 Å². The van der Waals surface area contributed by atoms with E-state index in [1.165, 1.54) is 12.1 Å². The highest BCUT2D eigenvalue weighted by molar-refractivity contribution is 5.57. The van der Waals surface area contributed by atoms with Crippen LogP contribution in [0.1, 0.15) is 26.5 Å². The van der Waals surface area contributed by atoms with Crippen LogP contribution in [-0.4, -0.2) is 18.8 Å². The van der Waals surface area contributed by atoms with Gasteiger partial charge in [0.15, 0.2) is 0 Å². The zero-order chi connectivity index (χ0) is 15.3. The third kappa shape index (κ3) is 4.69. The van der Waals surface area contributed by atoms with Crippen LogP contribution in [-0.2, 0) is 11.3 Å². The molecule has 1 aromatic carbocycles. The quantitative estimate of drug-likeness (QED) is 0.837. The van der Waals surface area contributed by atoms with Gasteiger partial charge in [0.1, 0.15) is 17.3 Å². The summed E-state index contributed by atoms with van der Waals surface area (Å²) in [5.74, 6) is 1.35. The number of ether oxygens (including phenoxy) is 1. The molecule has 0 spiro atoms. The van der Waals surface area contributed by atoms with Gasteiger partial charge >= 0.3 is 0 Å². The van der Waals surface area contributed by atoms with Gasteiger partial charge in [-0.15, -0.1) is 0 Å². The minimum Gasteiger partial charge on any atom is -0.460 e. The molecule has 0 saturated carbocycles. The van der Waals surface area contributed by atoms with Crippen LogP contribution in [0.3, 0.4) is 0 Å². The van der Waals surface area contributed by atoms with Gasteiger partial charge in [-0.2, -0.15) is 0 Å². The molecular weight excluding hydrogens is 269 g/mol. The highest BCUT2D eigenvalue weighted by atomic mass is 19.1. The van der Waals surface area contributed by atoms with Crippen LogP contribution in [0.15, 0.2) is 40.8 Å². The fourth-order valence-electron chi connectivity index (χ4n) is 2.17. The zero-order valence-corrected chi connectivity index (χ0v) is 12.8. The van der Waals surface area contributed by atoms with E-state index in [1.54, 1.807) is 12.1 Å². The molecule has 2 aromatic rings. The standard InChI is InChI=1S/C17H22FNO2/c1-4-20-17(2,3)12-19-11-15-9-10-16(21-15)13-5-7-14(18)8-6-13/h5-10,19H,4,11-12H2,1-3H3. The van der Waals surface area contributed by atoms with E-state index in [-0.39, 0.29) is 11.4 Å². The molecule has 4 heteroatoms. The molecule has 0 saturated heterocycles. The lowest BCUT2D eigenvalue weighted by molar-refractivity contribution is -0.00919. The second-order valence-electron chi connectivity index (χ2n) is 5.57. The highest BCUT2D eigenvalue weighted by Gasteiger charge is 2.16. The molecule has 1 aromatic heterocycles. The lowest BCUT2D eigenvalue weighted by Gasteiger charge is -2.24. The van der Waals surface area contributed by atoms with Crippen molar-refractivity contribution in [3.8, 4) is 11.3 Å². The molecule has 0 fully saturated rings. The lowest BCUT2D eigenvalue weighted by Crippen LogP contribution is -2.37. The smallest absolute Gasteiger partial charge is 0.134 e. The van der Waals surface area contributed by atoms with E-state index in [0.29, 0.717) is 13.2 Å². The summed E-state index contributed by atoms with van der Waals surface area (Å²) >= 11 is 0. The topological polar surface area (TPSA) is 34.4 Å². The molecule has 0 bridgehead atoms. The van der Waals surface area contributed by atoms with Crippen LogP contribution < -0.4 is 5.32 Å². The molecule has 0 atom stereocenters. The fourth-order valence-corrected chi connectivity index (χ4v) is 2.17. The Labute approximate surface area is 125 Å². The first kappa shape index (κ1) is 15.7. The fraction of sp³-hybridized carbons (Fsp3) is 0.412. The zero-order valence-electron chi connectivity index (χ0n) is 12.8. The summed E-state index contributed by atoms with van der Waals surface area (Å²) in [5.41, 5.74) is 0.679. The van der Waals surface area contributed by atoms with Gasteiger partial charge < -0.3 is 14.5 Å². The third-order valence-electron chi connectivity index (χ3n) is 3.18. The van der Waals surface area contributed by atoms with Crippen molar-refractivity contribution in [2.75, 3.05) is 13.2 Å². The molecular formula is C17H22FNO2. The molecule has 1 N–H and O–H groups in total. The van der Waals surface area contributed by atoms with Gasteiger partial charge in [0, 0.05) is 18.7 Å². The summed E-state index contributed by atoms with van der Waals surface area (Å²) in [6.45, 7) is 8.17. The maximum absolute atomic E-state index is 12.9. The Balaban J connectivity index is 1.90. The lowest BCUT2D eigenvalue weighted by atomic mass is 10.1. The van der Waals surface area contributed by atoms with Crippen molar-refractivity contribution in [1.29, 1.82) is 0 Å². The number of nitrogens with one attached hydrogen (secondary N) is 1. The molecule has 0 aliphatic carbocycles. The Morgan fingerprint density at radius 2 is 1.86 bits per heavy atom. The maximum Gasteiger partial charge on any atom is 0.134 e. The number of hydrogen-bond acceptors (Lipinski definition) is 3. The predicted octanol–water partition coefficient (Wildman–Crippen LogP) is 3.99. The largest absolute Gasteiger partial charge is 0.460 e. The first-order valence-electron chi connectivity index (χ1n) is 7.19. The van der Waals surface area contributed by atoms with E-state index in [4.69, 9.17) is 9.15 Å². The second-order valence-corrected chi connectivity index (χ2v) is 5.57. The van der Waals surface area contributed by atoms with E-state index in [1.807, 2.05) is 19.1 Å². The molecule has 1 heterocycles. The number of hydrogen-bond donors (Lipinski definition) is 1. The van der Waals surface area contributed by atoms with E-state index >= 15 is 0 Å². The van der Waals surface area contributed by atoms with Crippen molar-refractivity contribution in [2.45, 2.75) is 32.9 Å². The van der Waals surface area contributed by atoms with Gasteiger partial charge in [0.05, 0.1) is 12.1 Å². The monoisotopic (exact) mass is 291 g/mol. The summed E-state index contributed by atoms with van der Waals surface area (Å²) in [6, 6.07) is 10.1. The number of rotatable bonds is 7. The van der Waals surface area contributed by atoms with Crippen molar-refractivity contribution >= 4 is 0 Å².